The number of sulfonamides is 1. The molecule has 2 aromatic rings. The number of nitrogens with one attached hydrogen (secondary N) is 1. The normalized spacial score (nSPS) is 18.2. The Bertz CT molecular complexity index is 748. The van der Waals surface area contributed by atoms with Crippen LogP contribution in [0.2, 0.25) is 0 Å². The van der Waals surface area contributed by atoms with Crippen LogP contribution in [0.4, 0.5) is 4.39 Å². The zero-order valence-electron chi connectivity index (χ0n) is 11.1. The highest BCUT2D eigenvalue weighted by atomic mass is 32.2. The molecule has 0 fully saturated rings. The lowest BCUT2D eigenvalue weighted by molar-refractivity contribution is 0.541. The highest BCUT2D eigenvalue weighted by molar-refractivity contribution is 7.99. The first-order valence-corrected chi connectivity index (χ1v) is 9.03. The third kappa shape index (κ3) is 3.12. The van der Waals surface area contributed by atoms with Crippen molar-refractivity contribution in [3.8, 4) is 0 Å². The van der Waals surface area contributed by atoms with E-state index in [0.717, 1.165) is 10.6 Å². The fraction of sp³-hybridized carbons (Fsp3) is 0.200. The topological polar surface area (TPSA) is 46.2 Å². The Hall–Kier alpha value is -1.37. The van der Waals surface area contributed by atoms with Crippen LogP contribution >= 0.6 is 11.8 Å². The fourth-order valence-corrected chi connectivity index (χ4v) is 4.72. The molecule has 1 aliphatic heterocycles. The number of halogens is 1. The van der Waals surface area contributed by atoms with Crippen LogP contribution in [0.3, 0.4) is 0 Å². The Balaban J connectivity index is 1.92. The van der Waals surface area contributed by atoms with Crippen molar-refractivity contribution in [3.05, 3.63) is 59.9 Å². The van der Waals surface area contributed by atoms with Crippen LogP contribution in [0.25, 0.3) is 0 Å². The Morgan fingerprint density at radius 3 is 2.67 bits per heavy atom. The van der Waals surface area contributed by atoms with Gasteiger partial charge in [0.25, 0.3) is 0 Å². The van der Waals surface area contributed by atoms with Gasteiger partial charge in [-0.3, -0.25) is 0 Å². The molecule has 1 unspecified atom stereocenters. The summed E-state index contributed by atoms with van der Waals surface area (Å²) in [5, 5.41) is 0. The van der Waals surface area contributed by atoms with Gasteiger partial charge in [-0.1, -0.05) is 18.2 Å². The third-order valence-electron chi connectivity index (χ3n) is 3.36. The van der Waals surface area contributed by atoms with Crippen LogP contribution in [0.1, 0.15) is 18.0 Å². The quantitative estimate of drug-likeness (QED) is 0.942. The predicted molar refractivity (Wildman–Crippen MR) is 81.2 cm³/mol. The van der Waals surface area contributed by atoms with Crippen LogP contribution in [-0.2, 0) is 10.0 Å². The lowest BCUT2D eigenvalue weighted by Crippen LogP contribution is -2.30. The molecule has 6 heteroatoms. The monoisotopic (exact) mass is 323 g/mol. The summed E-state index contributed by atoms with van der Waals surface area (Å²) in [4.78, 5) is 1.16. The maximum absolute atomic E-state index is 13.4. The lowest BCUT2D eigenvalue weighted by atomic mass is 10.0. The molecule has 2 aromatic carbocycles. The minimum Gasteiger partial charge on any atom is -0.207 e. The average Bonchev–Trinajstić information content (AvgIpc) is 2.48. The van der Waals surface area contributed by atoms with E-state index < -0.39 is 10.0 Å². The van der Waals surface area contributed by atoms with E-state index in [4.69, 9.17) is 0 Å². The van der Waals surface area contributed by atoms with Gasteiger partial charge in [0.15, 0.2) is 0 Å². The molecular formula is C15H14FNO2S2. The zero-order valence-corrected chi connectivity index (χ0v) is 12.8. The Morgan fingerprint density at radius 2 is 1.90 bits per heavy atom. The van der Waals surface area contributed by atoms with E-state index in [0.29, 0.717) is 12.0 Å². The van der Waals surface area contributed by atoms with Crippen LogP contribution in [0, 0.1) is 5.82 Å². The van der Waals surface area contributed by atoms with Gasteiger partial charge in [-0.25, -0.2) is 17.5 Å². The van der Waals surface area contributed by atoms with Crippen molar-refractivity contribution in [3.63, 3.8) is 0 Å². The van der Waals surface area contributed by atoms with E-state index in [2.05, 4.69) is 4.72 Å². The second-order valence-electron chi connectivity index (χ2n) is 4.81. The summed E-state index contributed by atoms with van der Waals surface area (Å²) in [5.41, 5.74) is 0.714. The summed E-state index contributed by atoms with van der Waals surface area (Å²) in [6.45, 7) is 0. The molecule has 3 rings (SSSR count). The molecule has 0 saturated carbocycles. The molecule has 0 spiro atoms. The minimum absolute atomic E-state index is 0.223. The Labute approximate surface area is 127 Å². The molecule has 1 aliphatic rings. The second-order valence-corrected chi connectivity index (χ2v) is 7.66. The molecule has 3 nitrogen and oxygen atoms in total. The van der Waals surface area contributed by atoms with E-state index in [-0.39, 0.29) is 16.8 Å². The minimum atomic E-state index is -3.60. The van der Waals surface area contributed by atoms with Crippen molar-refractivity contribution in [2.24, 2.45) is 0 Å². The molecule has 110 valence electrons. The molecule has 0 radical (unpaired) electrons. The van der Waals surface area contributed by atoms with Gasteiger partial charge in [-0.15, -0.1) is 11.8 Å². The van der Waals surface area contributed by atoms with E-state index >= 15 is 0 Å². The van der Waals surface area contributed by atoms with Crippen molar-refractivity contribution < 1.29 is 12.8 Å². The molecule has 21 heavy (non-hydrogen) atoms. The summed E-state index contributed by atoms with van der Waals surface area (Å²) in [7, 11) is -3.60. The van der Waals surface area contributed by atoms with Crippen LogP contribution in [0.5, 0.6) is 0 Å². The standard InChI is InChI=1S/C15H14FNO2S2/c16-11-6-7-15-13(10-11)14(8-9-20-15)17-21(18,19)12-4-2-1-3-5-12/h1-7,10,14,17H,8-9H2. The molecular weight excluding hydrogens is 309 g/mol. The largest absolute Gasteiger partial charge is 0.241 e. The van der Waals surface area contributed by atoms with Gasteiger partial charge in [0.05, 0.1) is 4.90 Å². The van der Waals surface area contributed by atoms with Crippen LogP contribution in [-0.4, -0.2) is 14.2 Å². The number of fused-ring (bicyclic) bond motifs is 1. The molecule has 0 aromatic heterocycles. The van der Waals surface area contributed by atoms with Crippen molar-refractivity contribution >= 4 is 21.8 Å². The summed E-state index contributed by atoms with van der Waals surface area (Å²) in [6.07, 6.45) is 0.646. The van der Waals surface area contributed by atoms with E-state index in [1.165, 1.54) is 12.1 Å². The summed E-state index contributed by atoms with van der Waals surface area (Å²) < 4.78 is 40.9. The lowest BCUT2D eigenvalue weighted by Gasteiger charge is -2.25. The molecule has 1 heterocycles. The van der Waals surface area contributed by atoms with Gasteiger partial charge in [0.1, 0.15) is 5.82 Å². The van der Waals surface area contributed by atoms with Crippen LogP contribution in [0.15, 0.2) is 58.3 Å². The van der Waals surface area contributed by atoms with Crippen LogP contribution < -0.4 is 4.72 Å². The highest BCUT2D eigenvalue weighted by Gasteiger charge is 2.26. The molecule has 1 N–H and O–H groups in total. The molecule has 0 aliphatic carbocycles. The van der Waals surface area contributed by atoms with Gasteiger partial charge in [0.2, 0.25) is 10.0 Å². The van der Waals surface area contributed by atoms with Gasteiger partial charge in [0, 0.05) is 10.9 Å². The summed E-state index contributed by atoms with van der Waals surface area (Å²) in [5.74, 6) is 0.459. The van der Waals surface area contributed by atoms with Crippen molar-refractivity contribution in [2.45, 2.75) is 22.3 Å². The number of thioether (sulfide) groups is 1. The maximum atomic E-state index is 13.4. The first kappa shape index (κ1) is 14.6. The van der Waals surface area contributed by atoms with Gasteiger partial charge in [-0.2, -0.15) is 0 Å². The number of hydrogen-bond donors (Lipinski definition) is 1. The van der Waals surface area contributed by atoms with E-state index in [1.807, 2.05) is 0 Å². The predicted octanol–water partition coefficient (Wildman–Crippen LogP) is 3.34. The summed E-state index contributed by atoms with van der Waals surface area (Å²) in [6, 6.07) is 12.4. The average molecular weight is 323 g/mol. The van der Waals surface area contributed by atoms with Gasteiger partial charge in [-0.05, 0) is 48.1 Å². The smallest absolute Gasteiger partial charge is 0.207 e. The van der Waals surface area contributed by atoms with Crippen molar-refractivity contribution in [1.29, 1.82) is 0 Å². The fourth-order valence-electron chi connectivity index (χ4n) is 2.34. The first-order valence-electron chi connectivity index (χ1n) is 6.56. The van der Waals surface area contributed by atoms with Gasteiger partial charge >= 0.3 is 0 Å². The highest BCUT2D eigenvalue weighted by Crippen LogP contribution is 2.37. The zero-order chi connectivity index (χ0) is 14.9. The molecule has 0 amide bonds. The van der Waals surface area contributed by atoms with Gasteiger partial charge < -0.3 is 0 Å². The Kier molecular flexibility index (Phi) is 4.01. The van der Waals surface area contributed by atoms with E-state index in [1.54, 1.807) is 48.2 Å². The number of rotatable bonds is 3. The van der Waals surface area contributed by atoms with E-state index in [9.17, 15) is 12.8 Å². The number of hydrogen-bond acceptors (Lipinski definition) is 3. The third-order valence-corrected chi connectivity index (χ3v) is 5.97. The maximum Gasteiger partial charge on any atom is 0.241 e. The van der Waals surface area contributed by atoms with Crippen molar-refractivity contribution in [2.75, 3.05) is 5.75 Å². The number of benzene rings is 2. The molecule has 0 bridgehead atoms. The SMILES string of the molecule is O=S(=O)(NC1CCSc2ccc(F)cc21)c1ccccc1. The molecule has 0 saturated heterocycles. The molecule has 1 atom stereocenters. The Morgan fingerprint density at radius 1 is 1.14 bits per heavy atom. The van der Waals surface area contributed by atoms with Crippen molar-refractivity contribution in [1.82, 2.24) is 4.72 Å². The summed E-state index contributed by atoms with van der Waals surface area (Å²) >= 11 is 1.62. The first-order chi connectivity index (χ1) is 10.1. The second kappa shape index (κ2) is 5.79.